The lowest BCUT2D eigenvalue weighted by Crippen LogP contribution is -1.89. The van der Waals surface area contributed by atoms with Crippen molar-refractivity contribution < 1.29 is 4.79 Å². The van der Waals surface area contributed by atoms with Crippen LogP contribution in [0.15, 0.2) is 6.20 Å². The Hall–Kier alpha value is -1.12. The predicted octanol–water partition coefficient (Wildman–Crippen LogP) is 1.19. The van der Waals surface area contributed by atoms with Crippen molar-refractivity contribution in [2.45, 2.75) is 19.8 Å². The molecule has 0 spiro atoms. The molecule has 0 fully saturated rings. The lowest BCUT2D eigenvalue weighted by molar-refractivity contribution is 0.111. The maximum Gasteiger partial charge on any atom is 0.170 e. The summed E-state index contributed by atoms with van der Waals surface area (Å²) >= 11 is 0. The van der Waals surface area contributed by atoms with Crippen LogP contribution in [0, 0.1) is 0 Å². The molecule has 0 amide bonds. The summed E-state index contributed by atoms with van der Waals surface area (Å²) in [6.45, 7) is 2.08. The number of nitrogens with zero attached hydrogens (tertiary/aromatic N) is 2. The molecule has 0 aliphatic rings. The fourth-order valence-electron chi connectivity index (χ4n) is 1.12. The summed E-state index contributed by atoms with van der Waals surface area (Å²) in [5.41, 5.74) is 1.62. The van der Waals surface area contributed by atoms with Gasteiger partial charge in [-0.05, 0) is 6.42 Å². The quantitative estimate of drug-likeness (QED) is 0.610. The molecule has 1 aromatic heterocycles. The van der Waals surface area contributed by atoms with Crippen LogP contribution in [0.1, 0.15) is 29.4 Å². The van der Waals surface area contributed by atoms with E-state index in [0.29, 0.717) is 5.69 Å². The third kappa shape index (κ3) is 1.67. The van der Waals surface area contributed by atoms with Crippen molar-refractivity contribution in [1.82, 2.24) is 9.78 Å². The fraction of sp³-hybridized carbons (Fsp3) is 0.500. The molecule has 0 bridgehead atoms. The number of aromatic nitrogens is 2. The second-order valence-electron chi connectivity index (χ2n) is 2.58. The fourth-order valence-corrected chi connectivity index (χ4v) is 1.12. The Morgan fingerprint density at radius 2 is 2.45 bits per heavy atom. The summed E-state index contributed by atoms with van der Waals surface area (Å²) in [6, 6.07) is 0. The van der Waals surface area contributed by atoms with Gasteiger partial charge in [0.2, 0.25) is 0 Å². The summed E-state index contributed by atoms with van der Waals surface area (Å²) in [5.74, 6) is 0. The first kappa shape index (κ1) is 7.98. The minimum Gasteiger partial charge on any atom is -0.296 e. The van der Waals surface area contributed by atoms with E-state index in [9.17, 15) is 4.79 Å². The largest absolute Gasteiger partial charge is 0.296 e. The van der Waals surface area contributed by atoms with Gasteiger partial charge in [0.1, 0.15) is 5.69 Å². The molecule has 0 saturated heterocycles. The molecule has 60 valence electrons. The van der Waals surface area contributed by atoms with Crippen LogP contribution in [0.3, 0.4) is 0 Å². The molecule has 0 radical (unpaired) electrons. The van der Waals surface area contributed by atoms with Crippen molar-refractivity contribution in [3.05, 3.63) is 17.5 Å². The molecule has 0 atom stereocenters. The highest BCUT2D eigenvalue weighted by Crippen LogP contribution is 2.05. The van der Waals surface area contributed by atoms with Crippen LogP contribution in [-0.4, -0.2) is 16.1 Å². The van der Waals surface area contributed by atoms with E-state index in [4.69, 9.17) is 0 Å². The predicted molar refractivity (Wildman–Crippen MR) is 42.6 cm³/mol. The molecule has 1 rings (SSSR count). The molecule has 1 aromatic rings. The molecule has 0 aliphatic carbocycles. The zero-order chi connectivity index (χ0) is 8.27. The van der Waals surface area contributed by atoms with Gasteiger partial charge in [-0.25, -0.2) is 0 Å². The Morgan fingerprint density at radius 3 is 3.00 bits per heavy atom. The summed E-state index contributed by atoms with van der Waals surface area (Å²) in [5, 5.41) is 4.00. The molecular formula is C8H12N2O. The number of aryl methyl sites for hydroxylation is 2. The van der Waals surface area contributed by atoms with E-state index in [1.165, 1.54) is 0 Å². The first-order chi connectivity index (χ1) is 5.27. The van der Waals surface area contributed by atoms with Crippen LogP contribution >= 0.6 is 0 Å². The van der Waals surface area contributed by atoms with E-state index in [1.54, 1.807) is 4.68 Å². The molecule has 0 aliphatic heterocycles. The molecule has 3 nitrogen and oxygen atoms in total. The number of hydrogen-bond donors (Lipinski definition) is 0. The van der Waals surface area contributed by atoms with Crippen LogP contribution in [0.25, 0.3) is 0 Å². The Labute approximate surface area is 66.0 Å². The second kappa shape index (κ2) is 3.32. The van der Waals surface area contributed by atoms with Gasteiger partial charge in [-0.15, -0.1) is 0 Å². The highest BCUT2D eigenvalue weighted by atomic mass is 16.1. The first-order valence-corrected chi connectivity index (χ1v) is 3.75. The summed E-state index contributed by atoms with van der Waals surface area (Å²) < 4.78 is 1.68. The van der Waals surface area contributed by atoms with Crippen molar-refractivity contribution in [3.63, 3.8) is 0 Å². The molecule has 11 heavy (non-hydrogen) atoms. The third-order valence-corrected chi connectivity index (χ3v) is 1.57. The standard InChI is InChI=1S/C8H12N2O/c1-3-4-7-5-10(2)9-8(7)6-11/h5-6H,3-4H2,1-2H3. The van der Waals surface area contributed by atoms with Gasteiger partial charge in [0.05, 0.1) is 0 Å². The minimum atomic E-state index is 0.578. The van der Waals surface area contributed by atoms with Gasteiger partial charge in [0.25, 0.3) is 0 Å². The minimum absolute atomic E-state index is 0.578. The first-order valence-electron chi connectivity index (χ1n) is 3.75. The maximum absolute atomic E-state index is 10.4. The van der Waals surface area contributed by atoms with Crippen LogP contribution in [0.5, 0.6) is 0 Å². The van der Waals surface area contributed by atoms with E-state index in [2.05, 4.69) is 12.0 Å². The highest BCUT2D eigenvalue weighted by molar-refractivity contribution is 5.73. The lowest BCUT2D eigenvalue weighted by Gasteiger charge is -1.89. The number of hydrogen-bond acceptors (Lipinski definition) is 2. The number of rotatable bonds is 3. The third-order valence-electron chi connectivity index (χ3n) is 1.57. The van der Waals surface area contributed by atoms with Gasteiger partial charge in [-0.1, -0.05) is 13.3 Å². The van der Waals surface area contributed by atoms with Gasteiger partial charge in [0, 0.05) is 18.8 Å². The van der Waals surface area contributed by atoms with Gasteiger partial charge in [-0.2, -0.15) is 5.10 Å². The molecule has 3 heteroatoms. The van der Waals surface area contributed by atoms with Gasteiger partial charge in [0.15, 0.2) is 6.29 Å². The summed E-state index contributed by atoms with van der Waals surface area (Å²) in [7, 11) is 1.83. The van der Waals surface area contributed by atoms with Crippen molar-refractivity contribution in [1.29, 1.82) is 0 Å². The lowest BCUT2D eigenvalue weighted by atomic mass is 10.1. The average molecular weight is 152 g/mol. The molecule has 0 aromatic carbocycles. The average Bonchev–Trinajstić information content (AvgIpc) is 2.32. The normalized spacial score (nSPS) is 10.0. The zero-order valence-corrected chi connectivity index (χ0v) is 6.87. The summed E-state index contributed by atoms with van der Waals surface area (Å²) in [4.78, 5) is 10.4. The van der Waals surface area contributed by atoms with Crippen molar-refractivity contribution in [3.8, 4) is 0 Å². The molecule has 0 unspecified atom stereocenters. The van der Waals surface area contributed by atoms with E-state index in [0.717, 1.165) is 24.7 Å². The van der Waals surface area contributed by atoms with Crippen molar-refractivity contribution in [2.24, 2.45) is 7.05 Å². The zero-order valence-electron chi connectivity index (χ0n) is 6.87. The van der Waals surface area contributed by atoms with Crippen molar-refractivity contribution in [2.75, 3.05) is 0 Å². The van der Waals surface area contributed by atoms with Crippen LogP contribution < -0.4 is 0 Å². The van der Waals surface area contributed by atoms with E-state index >= 15 is 0 Å². The molecule has 1 heterocycles. The number of carbonyl (C=O) groups is 1. The van der Waals surface area contributed by atoms with E-state index < -0.39 is 0 Å². The second-order valence-corrected chi connectivity index (χ2v) is 2.58. The SMILES string of the molecule is CCCc1cn(C)nc1C=O. The Kier molecular flexibility index (Phi) is 2.41. The Bertz CT molecular complexity index is 253. The smallest absolute Gasteiger partial charge is 0.170 e. The Balaban J connectivity index is 2.92. The van der Waals surface area contributed by atoms with Gasteiger partial charge >= 0.3 is 0 Å². The van der Waals surface area contributed by atoms with E-state index in [-0.39, 0.29) is 0 Å². The molecule has 0 N–H and O–H groups in total. The highest BCUT2D eigenvalue weighted by Gasteiger charge is 2.03. The van der Waals surface area contributed by atoms with E-state index in [1.807, 2.05) is 13.2 Å². The Morgan fingerprint density at radius 1 is 1.73 bits per heavy atom. The van der Waals surface area contributed by atoms with Crippen LogP contribution in [0.2, 0.25) is 0 Å². The van der Waals surface area contributed by atoms with Crippen LogP contribution in [-0.2, 0) is 13.5 Å². The number of carbonyl (C=O) groups excluding carboxylic acids is 1. The summed E-state index contributed by atoms with van der Waals surface area (Å²) in [6.07, 6.45) is 4.69. The topological polar surface area (TPSA) is 34.9 Å². The van der Waals surface area contributed by atoms with Gasteiger partial charge < -0.3 is 0 Å². The van der Waals surface area contributed by atoms with Crippen molar-refractivity contribution >= 4 is 6.29 Å². The van der Waals surface area contributed by atoms with Crippen LogP contribution in [0.4, 0.5) is 0 Å². The molecular weight excluding hydrogens is 140 g/mol. The molecule has 0 saturated carbocycles. The monoisotopic (exact) mass is 152 g/mol. The van der Waals surface area contributed by atoms with Gasteiger partial charge in [-0.3, -0.25) is 9.48 Å². The number of aldehydes is 1. The maximum atomic E-state index is 10.4.